The molecule has 0 aliphatic heterocycles. The zero-order valence-corrected chi connectivity index (χ0v) is 45.6. The van der Waals surface area contributed by atoms with Crippen LogP contribution in [-0.4, -0.2) is 41.4 Å². The monoisotopic (exact) mass is 1200 g/mol. The van der Waals surface area contributed by atoms with Crippen LogP contribution in [0.2, 0.25) is 0 Å². The van der Waals surface area contributed by atoms with Gasteiger partial charge in [-0.15, -0.1) is 0 Å². The average Bonchev–Trinajstić information content (AvgIpc) is 3.37. The SMILES string of the molecule is Cc1ccc(NC(=O)Nc2ccc[nH+]c2)cc1.Cc1ccc(NC(=O)Nc2ccc[nH+]c2)cc1.Cc1ccc(NC(=O)Nc2ccc[nH+]c2)cc1.Cc1ccc(NC(=O)Nc2ccc[nH+]c2)cc1.F[Si-2](F)(F)(F)(F)F.F[Si-2](F)(F)(F)(F)F. The van der Waals surface area contributed by atoms with Crippen LogP contribution in [0.15, 0.2) is 195 Å². The number of aromatic amines is 4. The Morgan fingerprint density at radius 1 is 0.268 bits per heavy atom. The van der Waals surface area contributed by atoms with E-state index in [2.05, 4.69) is 62.5 Å². The van der Waals surface area contributed by atoms with Crippen molar-refractivity contribution in [3.63, 3.8) is 0 Å². The molecule has 8 aromatic rings. The molecule has 4 aromatic carbocycles. The number of benzene rings is 4. The van der Waals surface area contributed by atoms with Crippen molar-refractivity contribution in [3.8, 4) is 0 Å². The van der Waals surface area contributed by atoms with Crippen molar-refractivity contribution in [2.24, 2.45) is 0 Å². The van der Waals surface area contributed by atoms with Gasteiger partial charge in [-0.1, -0.05) is 70.8 Å². The summed E-state index contributed by atoms with van der Waals surface area (Å²) in [4.78, 5) is 58.1. The number of amides is 8. The van der Waals surface area contributed by atoms with Crippen LogP contribution in [0.5, 0.6) is 0 Å². The molecule has 0 radical (unpaired) electrons. The Labute approximate surface area is 461 Å². The van der Waals surface area contributed by atoms with Crippen molar-refractivity contribution in [3.05, 3.63) is 217 Å². The zero-order chi connectivity index (χ0) is 61.2. The first-order chi connectivity index (χ1) is 37.8. The molecular formula is C52H56F12N12O4Si2. The molecule has 8 rings (SSSR count). The second-order valence-electron chi connectivity index (χ2n) is 17.1. The molecule has 30 heteroatoms. The van der Waals surface area contributed by atoms with Gasteiger partial charge in [0.25, 0.3) is 0 Å². The Kier molecular flexibility index (Phi) is 22.6. The number of carbonyl (C=O) groups excluding carboxylic acids is 4. The van der Waals surface area contributed by atoms with Crippen molar-refractivity contribution in [1.82, 2.24) is 0 Å². The van der Waals surface area contributed by atoms with Crippen molar-refractivity contribution in [1.29, 1.82) is 0 Å². The molecule has 0 spiro atoms. The van der Waals surface area contributed by atoms with E-state index in [0.717, 1.165) is 67.8 Å². The molecule has 4 aromatic heterocycles. The van der Waals surface area contributed by atoms with E-state index < -0.39 is 17.3 Å². The third-order valence-corrected chi connectivity index (χ3v) is 9.10. The molecule has 4 heterocycles. The van der Waals surface area contributed by atoms with Crippen LogP contribution in [0.25, 0.3) is 0 Å². The van der Waals surface area contributed by atoms with Crippen LogP contribution in [0.4, 0.5) is 114 Å². The molecule has 0 saturated carbocycles. The van der Waals surface area contributed by atoms with E-state index in [-0.39, 0.29) is 24.1 Å². The molecule has 0 saturated heterocycles. The van der Waals surface area contributed by atoms with Crippen LogP contribution < -0.4 is 62.5 Å². The number of nitrogens with one attached hydrogen (secondary N) is 12. The van der Waals surface area contributed by atoms with Gasteiger partial charge in [0, 0.05) is 47.0 Å². The Morgan fingerprint density at radius 3 is 0.549 bits per heavy atom. The first-order valence-electron chi connectivity index (χ1n) is 23.7. The number of aryl methyl sites for hydroxylation is 4. The molecule has 8 amide bonds. The number of rotatable bonds is 8. The predicted molar refractivity (Wildman–Crippen MR) is 292 cm³/mol. The summed E-state index contributed by atoms with van der Waals surface area (Å²) < 4.78 is 119. The maximum atomic E-state index is 11.6. The Hall–Kier alpha value is -9.85. The van der Waals surface area contributed by atoms with Gasteiger partial charge in [-0.3, -0.25) is 0 Å². The van der Waals surface area contributed by atoms with E-state index in [9.17, 15) is 68.5 Å². The molecule has 0 aliphatic rings. The first-order valence-corrected chi connectivity index (χ1v) is 28.2. The fourth-order valence-corrected chi connectivity index (χ4v) is 5.61. The number of hydrogen-bond donors (Lipinski definition) is 8. The third-order valence-electron chi connectivity index (χ3n) is 9.10. The summed E-state index contributed by atoms with van der Waals surface area (Å²) in [6.45, 7) is 8.01. The third kappa shape index (κ3) is 37.8. The van der Waals surface area contributed by atoms with Gasteiger partial charge in [-0.2, -0.15) is 0 Å². The fourth-order valence-electron chi connectivity index (χ4n) is 5.61. The van der Waals surface area contributed by atoms with Crippen molar-refractivity contribution in [2.45, 2.75) is 27.7 Å². The molecule has 0 aliphatic carbocycles. The number of hydrogen-bond acceptors (Lipinski definition) is 4. The summed E-state index contributed by atoms with van der Waals surface area (Å²) in [6, 6.07) is 44.0. The second kappa shape index (κ2) is 27.8. The summed E-state index contributed by atoms with van der Waals surface area (Å²) in [6.07, 6.45) is 14.0. The number of aromatic nitrogens is 4. The van der Waals surface area contributed by atoms with Gasteiger partial charge in [0.15, 0.2) is 49.6 Å². The van der Waals surface area contributed by atoms with Crippen molar-refractivity contribution in [2.75, 3.05) is 42.5 Å². The molecule has 12 N–H and O–H groups in total. The van der Waals surface area contributed by atoms with E-state index in [0.29, 0.717) is 0 Å². The van der Waals surface area contributed by atoms with Crippen LogP contribution >= 0.6 is 0 Å². The van der Waals surface area contributed by atoms with E-state index in [1.807, 2.05) is 173 Å². The van der Waals surface area contributed by atoms with Crippen LogP contribution in [0.3, 0.4) is 0 Å². The second-order valence-corrected chi connectivity index (χ2v) is 21.4. The molecule has 82 heavy (non-hydrogen) atoms. The fraction of sp³-hybridized carbons (Fsp3) is 0.0769. The molecule has 0 atom stereocenters. The minimum atomic E-state index is -10.8. The van der Waals surface area contributed by atoms with E-state index in [1.165, 1.54) is 0 Å². The summed E-state index contributed by atoms with van der Waals surface area (Å²) in [5.41, 5.74) is 10.6. The number of H-pyrrole nitrogens is 4. The average molecular weight is 1200 g/mol. The van der Waals surface area contributed by atoms with Gasteiger partial charge in [0.05, 0.1) is 0 Å². The van der Waals surface area contributed by atoms with Crippen LogP contribution in [0.1, 0.15) is 22.3 Å². The van der Waals surface area contributed by atoms with Gasteiger partial charge in [-0.25, -0.2) is 39.1 Å². The molecule has 440 valence electrons. The van der Waals surface area contributed by atoms with Crippen LogP contribution in [0, 0.1) is 27.7 Å². The summed E-state index contributed by atoms with van der Waals surface area (Å²) in [7, 11) is -21.7. The first kappa shape index (κ1) is 66.4. The van der Waals surface area contributed by atoms with Crippen molar-refractivity contribution >= 4 is 86.9 Å². The Morgan fingerprint density at radius 2 is 0.415 bits per heavy atom. The Balaban J connectivity index is 0.000000266. The van der Waals surface area contributed by atoms with Gasteiger partial charge in [-0.05, 0) is 100 Å². The van der Waals surface area contributed by atoms with Crippen LogP contribution in [-0.2, 0) is 0 Å². The number of pyridine rings is 4. The number of anilines is 8. The van der Waals surface area contributed by atoms with E-state index in [4.69, 9.17) is 0 Å². The van der Waals surface area contributed by atoms with Crippen molar-refractivity contribution < 1.29 is 88.4 Å². The molecule has 0 unspecified atom stereocenters. The van der Waals surface area contributed by atoms with E-state index >= 15 is 0 Å². The van der Waals surface area contributed by atoms with E-state index in [1.54, 1.807) is 49.6 Å². The maximum absolute atomic E-state index is 11.6. The normalized spacial score (nSPS) is 12.0. The minimum absolute atomic E-state index is 0.256. The van der Waals surface area contributed by atoms with Gasteiger partial charge < -0.3 is 42.5 Å². The number of carbonyl (C=O) groups is 4. The van der Waals surface area contributed by atoms with Gasteiger partial charge >= 0.3 is 90.7 Å². The molecule has 0 fully saturated rings. The number of urea groups is 4. The zero-order valence-electron chi connectivity index (χ0n) is 43.6. The van der Waals surface area contributed by atoms with Gasteiger partial charge in [0.2, 0.25) is 0 Å². The summed E-state index contributed by atoms with van der Waals surface area (Å²) >= 11 is 0. The summed E-state index contributed by atoms with van der Waals surface area (Å²) in [5, 5.41) is 21.9. The molecule has 16 nitrogen and oxygen atoms in total. The van der Waals surface area contributed by atoms with Gasteiger partial charge in [0.1, 0.15) is 22.7 Å². The standard InChI is InChI=1S/4C13H13N3O.2F6Si/c4*1-10-4-6-11(7-5-10)15-13(17)16-12-3-2-8-14-9-12;2*1-7(2,3,4,5)6/h4*2-9H,1H3,(H2,15,16,17);;/q;;;;2*-2/p+4. The Bertz CT molecular complexity index is 2830. The number of halogens is 12. The predicted octanol–water partition coefficient (Wildman–Crippen LogP) is 14.1. The summed E-state index contributed by atoms with van der Waals surface area (Å²) in [5.74, 6) is 0. The molecular weight excluding hydrogens is 1140 g/mol. The quantitative estimate of drug-likeness (QED) is 0.0423. The topological polar surface area (TPSA) is 221 Å². The molecule has 0 bridgehead atoms.